The van der Waals surface area contributed by atoms with Crippen molar-refractivity contribution in [3.8, 4) is 0 Å². The van der Waals surface area contributed by atoms with Crippen molar-refractivity contribution in [2.75, 3.05) is 6.54 Å². The van der Waals surface area contributed by atoms with Crippen LogP contribution in [0, 0.1) is 11.8 Å². The molecule has 1 aliphatic heterocycles. The number of nitrogens with two attached hydrogens (primary N) is 1. The maximum Gasteiger partial charge on any atom is 0.326 e. The van der Waals surface area contributed by atoms with Crippen molar-refractivity contribution in [3.63, 3.8) is 0 Å². The molecule has 2 unspecified atom stereocenters. The number of carbonyl (C=O) groups excluding carboxylic acids is 1. The Balaban J connectivity index is 2.80. The summed E-state index contributed by atoms with van der Waals surface area (Å²) in [5.74, 6) is -0.731. The topological polar surface area (TPSA) is 83.6 Å². The number of carboxylic acid groups (broad SMARTS) is 1. The molecule has 104 valence electrons. The molecule has 1 aliphatic rings. The minimum atomic E-state index is -0.919. The molecule has 3 atom stereocenters. The number of rotatable bonds is 4. The van der Waals surface area contributed by atoms with Crippen LogP contribution in [0.2, 0.25) is 0 Å². The van der Waals surface area contributed by atoms with Crippen LogP contribution in [-0.4, -0.2) is 40.5 Å². The number of likely N-dealkylation sites (tertiary alicyclic amines) is 1. The first kappa shape index (κ1) is 15.0. The van der Waals surface area contributed by atoms with Crippen LogP contribution in [0.1, 0.15) is 40.0 Å². The highest BCUT2D eigenvalue weighted by Crippen LogP contribution is 2.26. The standard InChI is InChI=1S/C13H24N2O3/c1-4-9-5-6-15(10(7-9)13(17)18)12(16)11(14)8(2)3/h8-11H,4-7,14H2,1-3H3,(H,17,18)/t9?,10?,11-/m1/s1. The van der Waals surface area contributed by atoms with Gasteiger partial charge >= 0.3 is 5.97 Å². The van der Waals surface area contributed by atoms with Gasteiger partial charge in [-0.1, -0.05) is 27.2 Å². The van der Waals surface area contributed by atoms with Crippen LogP contribution in [0.25, 0.3) is 0 Å². The van der Waals surface area contributed by atoms with Gasteiger partial charge in [-0.2, -0.15) is 0 Å². The molecule has 1 heterocycles. The second-order valence-electron chi connectivity index (χ2n) is 5.45. The molecule has 0 aliphatic carbocycles. The third-order valence-corrected chi connectivity index (χ3v) is 3.86. The summed E-state index contributed by atoms with van der Waals surface area (Å²) < 4.78 is 0. The second kappa shape index (κ2) is 6.18. The number of nitrogens with zero attached hydrogens (tertiary/aromatic N) is 1. The van der Waals surface area contributed by atoms with E-state index >= 15 is 0 Å². The summed E-state index contributed by atoms with van der Waals surface area (Å²) in [5, 5.41) is 9.26. The van der Waals surface area contributed by atoms with E-state index in [0.717, 1.165) is 12.8 Å². The molecule has 1 fully saturated rings. The number of aliphatic carboxylic acids is 1. The molecule has 5 heteroatoms. The molecular weight excluding hydrogens is 232 g/mol. The molecule has 3 N–H and O–H groups in total. The Morgan fingerprint density at radius 1 is 1.44 bits per heavy atom. The zero-order valence-corrected chi connectivity index (χ0v) is 11.4. The Hall–Kier alpha value is -1.10. The molecule has 0 aromatic carbocycles. The summed E-state index contributed by atoms with van der Waals surface area (Å²) in [6.45, 7) is 6.31. The lowest BCUT2D eigenvalue weighted by molar-refractivity contribution is -0.154. The van der Waals surface area contributed by atoms with Gasteiger partial charge < -0.3 is 15.7 Å². The quantitative estimate of drug-likeness (QED) is 0.788. The van der Waals surface area contributed by atoms with Crippen LogP contribution in [0.5, 0.6) is 0 Å². The van der Waals surface area contributed by atoms with Gasteiger partial charge in [-0.25, -0.2) is 4.79 Å². The third-order valence-electron chi connectivity index (χ3n) is 3.86. The van der Waals surface area contributed by atoms with Crippen molar-refractivity contribution in [1.82, 2.24) is 4.90 Å². The second-order valence-corrected chi connectivity index (χ2v) is 5.45. The van der Waals surface area contributed by atoms with Crippen LogP contribution < -0.4 is 5.73 Å². The highest BCUT2D eigenvalue weighted by molar-refractivity contribution is 5.87. The van der Waals surface area contributed by atoms with E-state index in [1.807, 2.05) is 13.8 Å². The Bertz CT molecular complexity index is 317. The lowest BCUT2D eigenvalue weighted by atomic mass is 9.88. The lowest BCUT2D eigenvalue weighted by Crippen LogP contribution is -2.56. The third kappa shape index (κ3) is 3.22. The van der Waals surface area contributed by atoms with Gasteiger partial charge in [-0.3, -0.25) is 4.79 Å². The molecule has 0 radical (unpaired) electrons. The van der Waals surface area contributed by atoms with Gasteiger partial charge in [0.1, 0.15) is 6.04 Å². The number of hydrogen-bond donors (Lipinski definition) is 2. The van der Waals surface area contributed by atoms with Gasteiger partial charge in [-0.15, -0.1) is 0 Å². The van der Waals surface area contributed by atoms with E-state index in [9.17, 15) is 14.7 Å². The van der Waals surface area contributed by atoms with Crippen molar-refractivity contribution in [2.45, 2.75) is 52.1 Å². The van der Waals surface area contributed by atoms with Gasteiger partial charge in [0.25, 0.3) is 0 Å². The first-order chi connectivity index (χ1) is 8.38. The lowest BCUT2D eigenvalue weighted by Gasteiger charge is -2.38. The highest BCUT2D eigenvalue weighted by Gasteiger charge is 2.37. The zero-order chi connectivity index (χ0) is 13.9. The van der Waals surface area contributed by atoms with Crippen LogP contribution in [0.15, 0.2) is 0 Å². The van der Waals surface area contributed by atoms with Crippen molar-refractivity contribution >= 4 is 11.9 Å². The predicted molar refractivity (Wildman–Crippen MR) is 69.0 cm³/mol. The van der Waals surface area contributed by atoms with Crippen LogP contribution in [0.3, 0.4) is 0 Å². The molecule has 1 saturated heterocycles. The van der Waals surface area contributed by atoms with E-state index in [2.05, 4.69) is 6.92 Å². The summed E-state index contributed by atoms with van der Waals surface area (Å²) in [4.78, 5) is 24.9. The number of carbonyl (C=O) groups is 2. The molecular formula is C13H24N2O3. The summed E-state index contributed by atoms with van der Waals surface area (Å²) in [7, 11) is 0. The first-order valence-electron chi connectivity index (χ1n) is 6.67. The fourth-order valence-electron chi connectivity index (χ4n) is 2.38. The summed E-state index contributed by atoms with van der Waals surface area (Å²) in [6.07, 6.45) is 2.38. The number of piperidine rings is 1. The van der Waals surface area contributed by atoms with Crippen molar-refractivity contribution < 1.29 is 14.7 Å². The summed E-state index contributed by atoms with van der Waals surface area (Å²) in [6, 6.07) is -1.31. The minimum Gasteiger partial charge on any atom is -0.480 e. The van der Waals surface area contributed by atoms with Gasteiger partial charge in [0, 0.05) is 6.54 Å². The van der Waals surface area contributed by atoms with Crippen molar-refractivity contribution in [3.05, 3.63) is 0 Å². The Labute approximate surface area is 108 Å². The Morgan fingerprint density at radius 2 is 2.06 bits per heavy atom. The fraction of sp³-hybridized carbons (Fsp3) is 0.846. The average molecular weight is 256 g/mol. The largest absolute Gasteiger partial charge is 0.480 e. The van der Waals surface area contributed by atoms with E-state index in [-0.39, 0.29) is 11.8 Å². The summed E-state index contributed by atoms with van der Waals surface area (Å²) in [5.41, 5.74) is 5.84. The maximum absolute atomic E-state index is 12.2. The van der Waals surface area contributed by atoms with E-state index < -0.39 is 18.1 Å². The smallest absolute Gasteiger partial charge is 0.326 e. The van der Waals surface area contributed by atoms with Gasteiger partial charge in [0.2, 0.25) is 5.91 Å². The molecule has 0 bridgehead atoms. The van der Waals surface area contributed by atoms with Crippen molar-refractivity contribution in [1.29, 1.82) is 0 Å². The normalized spacial score (nSPS) is 26.2. The maximum atomic E-state index is 12.2. The zero-order valence-electron chi connectivity index (χ0n) is 11.4. The molecule has 1 rings (SSSR count). The van der Waals surface area contributed by atoms with Gasteiger partial charge in [-0.05, 0) is 24.7 Å². The average Bonchev–Trinajstić information content (AvgIpc) is 2.35. The Morgan fingerprint density at radius 3 is 2.50 bits per heavy atom. The molecule has 5 nitrogen and oxygen atoms in total. The Kier molecular flexibility index (Phi) is 5.14. The number of carboxylic acids is 1. The first-order valence-corrected chi connectivity index (χ1v) is 6.67. The van der Waals surface area contributed by atoms with Crippen LogP contribution in [-0.2, 0) is 9.59 Å². The molecule has 0 aromatic rings. The predicted octanol–water partition coefficient (Wildman–Crippen LogP) is 1.07. The fourth-order valence-corrected chi connectivity index (χ4v) is 2.38. The molecule has 1 amide bonds. The van der Waals surface area contributed by atoms with E-state index in [1.54, 1.807) is 0 Å². The minimum absolute atomic E-state index is 0.0239. The van der Waals surface area contributed by atoms with Crippen LogP contribution >= 0.6 is 0 Å². The molecule has 0 spiro atoms. The summed E-state index contributed by atoms with van der Waals surface area (Å²) >= 11 is 0. The van der Waals surface area contributed by atoms with E-state index in [0.29, 0.717) is 18.9 Å². The van der Waals surface area contributed by atoms with E-state index in [4.69, 9.17) is 5.73 Å². The van der Waals surface area contributed by atoms with E-state index in [1.165, 1.54) is 4.90 Å². The van der Waals surface area contributed by atoms with Gasteiger partial charge in [0.05, 0.1) is 6.04 Å². The van der Waals surface area contributed by atoms with Gasteiger partial charge in [0.15, 0.2) is 0 Å². The number of amides is 1. The molecule has 0 aromatic heterocycles. The highest BCUT2D eigenvalue weighted by atomic mass is 16.4. The SMILES string of the molecule is CCC1CCN(C(=O)[C@H](N)C(C)C)C(C(=O)O)C1. The van der Waals surface area contributed by atoms with Crippen LogP contribution in [0.4, 0.5) is 0 Å². The van der Waals surface area contributed by atoms with Crippen molar-refractivity contribution in [2.24, 2.45) is 17.6 Å². The molecule has 0 saturated carbocycles. The monoisotopic (exact) mass is 256 g/mol. The number of hydrogen-bond acceptors (Lipinski definition) is 3. The molecule has 18 heavy (non-hydrogen) atoms.